The molecule has 4 aliphatic heterocycles. The first kappa shape index (κ1) is 20.3. The molecule has 8 nitrogen and oxygen atoms in total. The highest BCUT2D eigenvalue weighted by atomic mass is 32.2. The van der Waals surface area contributed by atoms with E-state index < -0.39 is 0 Å². The maximum atomic E-state index is 6.13. The molecule has 0 bridgehead atoms. The first-order valence-electron chi connectivity index (χ1n) is 9.79. The molecule has 0 saturated carbocycles. The van der Waals surface area contributed by atoms with Gasteiger partial charge < -0.3 is 37.9 Å². The number of ether oxygens (including phenoxy) is 8. The molecule has 4 rings (SSSR count). The summed E-state index contributed by atoms with van der Waals surface area (Å²) in [6.45, 7) is 7.60. The summed E-state index contributed by atoms with van der Waals surface area (Å²) in [5.41, 5.74) is 0. The Morgan fingerprint density at radius 3 is 1.81 bits per heavy atom. The molecule has 6 unspecified atom stereocenters. The van der Waals surface area contributed by atoms with Crippen LogP contribution in [-0.4, -0.2) is 114 Å². The van der Waals surface area contributed by atoms with Gasteiger partial charge in [-0.1, -0.05) is 0 Å². The smallest absolute Gasteiger partial charge is 0.104 e. The van der Waals surface area contributed by atoms with Crippen molar-refractivity contribution in [3.05, 3.63) is 0 Å². The van der Waals surface area contributed by atoms with E-state index in [-0.39, 0.29) is 29.7 Å². The second-order valence-corrected chi connectivity index (χ2v) is 8.60. The summed E-state index contributed by atoms with van der Waals surface area (Å²) >= 11 is 1.81. The van der Waals surface area contributed by atoms with Gasteiger partial charge in [-0.25, -0.2) is 0 Å². The number of rotatable bonds is 18. The van der Waals surface area contributed by atoms with Gasteiger partial charge in [0.25, 0.3) is 0 Å². The van der Waals surface area contributed by atoms with Crippen LogP contribution in [0.4, 0.5) is 0 Å². The first-order valence-corrected chi connectivity index (χ1v) is 10.8. The highest BCUT2D eigenvalue weighted by Crippen LogP contribution is 2.22. The number of epoxide rings is 4. The molecule has 0 spiro atoms. The van der Waals surface area contributed by atoms with Gasteiger partial charge in [0, 0.05) is 5.75 Å². The minimum absolute atomic E-state index is 0.0511. The van der Waals surface area contributed by atoms with Crippen molar-refractivity contribution >= 4 is 11.8 Å². The summed E-state index contributed by atoms with van der Waals surface area (Å²) < 4.78 is 44.4. The van der Waals surface area contributed by atoms with Crippen molar-refractivity contribution in [3.8, 4) is 0 Å². The molecule has 0 N–H and O–H groups in total. The Morgan fingerprint density at radius 1 is 0.704 bits per heavy atom. The van der Waals surface area contributed by atoms with E-state index in [1.54, 1.807) is 0 Å². The molecular weight excluding hydrogens is 376 g/mol. The van der Waals surface area contributed by atoms with Gasteiger partial charge in [-0.15, -0.1) is 0 Å². The average Bonchev–Trinajstić information content (AvgIpc) is 3.50. The zero-order valence-electron chi connectivity index (χ0n) is 15.6. The maximum Gasteiger partial charge on any atom is 0.104 e. The topological polar surface area (TPSA) is 87.0 Å². The van der Waals surface area contributed by atoms with Gasteiger partial charge in [-0.05, 0) is 0 Å². The van der Waals surface area contributed by atoms with Crippen molar-refractivity contribution in [3.63, 3.8) is 0 Å². The highest BCUT2D eigenvalue weighted by Gasteiger charge is 2.31. The van der Waals surface area contributed by atoms with Crippen LogP contribution in [0.5, 0.6) is 0 Å². The van der Waals surface area contributed by atoms with Gasteiger partial charge >= 0.3 is 0 Å². The van der Waals surface area contributed by atoms with Crippen LogP contribution in [0.3, 0.4) is 0 Å². The molecule has 0 aromatic rings. The molecule has 4 fully saturated rings. The van der Waals surface area contributed by atoms with Crippen molar-refractivity contribution < 1.29 is 37.9 Å². The van der Waals surface area contributed by atoms with Crippen LogP contribution in [0.2, 0.25) is 0 Å². The summed E-state index contributed by atoms with van der Waals surface area (Å²) in [6.07, 6.45) is 1.00. The van der Waals surface area contributed by atoms with E-state index in [1.165, 1.54) is 0 Å². The molecular formula is C18H30O8S. The SMILES string of the molecule is C(CSC(COCC1CO1)C(COCC1CO1)OCC1CO1)OCC1CO1. The third-order valence-electron chi connectivity index (χ3n) is 4.56. The minimum Gasteiger partial charge on any atom is -0.378 e. The number of thioether (sulfide) groups is 1. The van der Waals surface area contributed by atoms with Gasteiger partial charge in [-0.3, -0.25) is 0 Å². The van der Waals surface area contributed by atoms with Crippen LogP contribution in [0.15, 0.2) is 0 Å². The van der Waals surface area contributed by atoms with Crippen LogP contribution < -0.4 is 0 Å². The normalized spacial score (nSPS) is 32.9. The first-order chi connectivity index (χ1) is 13.4. The monoisotopic (exact) mass is 406 g/mol. The van der Waals surface area contributed by atoms with E-state index in [2.05, 4.69) is 0 Å². The summed E-state index contributed by atoms with van der Waals surface area (Å²) in [4.78, 5) is 0. The molecule has 4 heterocycles. The molecule has 0 aromatic heterocycles. The Kier molecular flexibility index (Phi) is 8.05. The highest BCUT2D eigenvalue weighted by molar-refractivity contribution is 8.00. The van der Waals surface area contributed by atoms with E-state index >= 15 is 0 Å². The van der Waals surface area contributed by atoms with Crippen molar-refractivity contribution in [1.29, 1.82) is 0 Å². The Hall–Kier alpha value is 0.0300. The fourth-order valence-corrected chi connectivity index (χ4v) is 3.60. The quantitative estimate of drug-likeness (QED) is 0.233. The van der Waals surface area contributed by atoms with Crippen LogP contribution in [0, 0.1) is 0 Å². The zero-order chi connectivity index (χ0) is 18.3. The van der Waals surface area contributed by atoms with Crippen molar-refractivity contribution in [2.24, 2.45) is 0 Å². The van der Waals surface area contributed by atoms with Crippen LogP contribution in [0.1, 0.15) is 0 Å². The largest absolute Gasteiger partial charge is 0.378 e. The Bertz CT molecular complexity index is 426. The summed E-state index contributed by atoms with van der Waals surface area (Å²) in [6, 6.07) is 0. The van der Waals surface area contributed by atoms with E-state index in [1.807, 2.05) is 11.8 Å². The molecule has 27 heavy (non-hydrogen) atoms. The van der Waals surface area contributed by atoms with Crippen LogP contribution in [-0.2, 0) is 37.9 Å². The summed E-state index contributed by atoms with van der Waals surface area (Å²) in [5.74, 6) is 0.881. The van der Waals surface area contributed by atoms with E-state index in [0.717, 1.165) is 32.2 Å². The van der Waals surface area contributed by atoms with Crippen molar-refractivity contribution in [2.75, 3.05) is 78.4 Å². The lowest BCUT2D eigenvalue weighted by Crippen LogP contribution is -2.37. The van der Waals surface area contributed by atoms with Gasteiger partial charge in [0.2, 0.25) is 0 Å². The molecule has 0 amide bonds. The minimum atomic E-state index is -0.0511. The third-order valence-corrected chi connectivity index (χ3v) is 5.83. The van der Waals surface area contributed by atoms with Crippen molar-refractivity contribution in [1.82, 2.24) is 0 Å². The number of hydrogen-bond acceptors (Lipinski definition) is 9. The summed E-state index contributed by atoms with van der Waals surface area (Å²) in [7, 11) is 0. The number of hydrogen-bond donors (Lipinski definition) is 0. The Morgan fingerprint density at radius 2 is 1.22 bits per heavy atom. The lowest BCUT2D eigenvalue weighted by Gasteiger charge is -2.27. The lowest BCUT2D eigenvalue weighted by atomic mass is 10.2. The predicted molar refractivity (Wildman–Crippen MR) is 97.4 cm³/mol. The van der Waals surface area contributed by atoms with E-state index in [9.17, 15) is 0 Å². The second-order valence-electron chi connectivity index (χ2n) is 7.25. The molecule has 156 valence electrons. The van der Waals surface area contributed by atoms with E-state index in [4.69, 9.17) is 37.9 Å². The van der Waals surface area contributed by atoms with Gasteiger partial charge in [-0.2, -0.15) is 11.8 Å². The van der Waals surface area contributed by atoms with E-state index in [0.29, 0.717) is 52.4 Å². The third kappa shape index (κ3) is 8.93. The standard InChI is InChI=1S/C18H30O8S/c1(19-3-13-6-22-13)2-27-18(12-21-5-15-8-24-15)17(26-10-16-9-25-16)11-20-4-14-7-23-14/h13-18H,1-12H2. The molecule has 0 radical (unpaired) electrons. The molecule has 0 aliphatic carbocycles. The van der Waals surface area contributed by atoms with Crippen molar-refractivity contribution in [2.45, 2.75) is 35.8 Å². The maximum absolute atomic E-state index is 6.13. The fraction of sp³-hybridized carbons (Fsp3) is 1.00. The lowest BCUT2D eigenvalue weighted by molar-refractivity contribution is -0.0362. The molecule has 4 aliphatic rings. The Labute approximate surface area is 164 Å². The van der Waals surface area contributed by atoms with Crippen LogP contribution >= 0.6 is 11.8 Å². The molecule has 4 saturated heterocycles. The molecule has 0 aromatic carbocycles. The van der Waals surface area contributed by atoms with Crippen LogP contribution in [0.25, 0.3) is 0 Å². The van der Waals surface area contributed by atoms with Gasteiger partial charge in [0.15, 0.2) is 0 Å². The fourth-order valence-electron chi connectivity index (χ4n) is 2.52. The Balaban J connectivity index is 1.20. The molecule has 6 atom stereocenters. The van der Waals surface area contributed by atoms with Gasteiger partial charge in [0.1, 0.15) is 24.4 Å². The predicted octanol–water partition coefficient (Wildman–Crippen LogP) is 0.118. The molecule has 9 heteroatoms. The average molecular weight is 406 g/mol. The summed E-state index contributed by atoms with van der Waals surface area (Å²) in [5, 5.41) is 0.170. The second kappa shape index (κ2) is 10.7. The zero-order valence-corrected chi connectivity index (χ0v) is 16.4. The van der Waals surface area contributed by atoms with Gasteiger partial charge in [0.05, 0.1) is 84.0 Å².